The zero-order valence-corrected chi connectivity index (χ0v) is 11.6. The van der Waals surface area contributed by atoms with Crippen LogP contribution < -0.4 is 0 Å². The summed E-state index contributed by atoms with van der Waals surface area (Å²) in [6.07, 6.45) is 5.85. The number of rotatable bonds is 3. The second kappa shape index (κ2) is 5.31. The Bertz CT molecular complexity index is 394. The van der Waals surface area contributed by atoms with E-state index in [0.29, 0.717) is 0 Å². The van der Waals surface area contributed by atoms with Crippen LogP contribution in [0.3, 0.4) is 0 Å². The van der Waals surface area contributed by atoms with Crippen LogP contribution in [0.15, 0.2) is 17.3 Å². The maximum atomic E-state index is 12.3. The van der Waals surface area contributed by atoms with Gasteiger partial charge in [-0.15, -0.1) is 0 Å². The summed E-state index contributed by atoms with van der Waals surface area (Å²) in [7, 11) is 0.826. The summed E-state index contributed by atoms with van der Waals surface area (Å²) in [4.78, 5) is 0.815. The molecule has 1 aromatic heterocycles. The Hall–Kier alpha value is -0.680. The molecule has 1 atom stereocenters. The van der Waals surface area contributed by atoms with Crippen molar-refractivity contribution in [3.8, 4) is 0 Å². The molecule has 0 N–H and O–H groups in total. The van der Waals surface area contributed by atoms with E-state index in [-0.39, 0.29) is 0 Å². The maximum absolute atomic E-state index is 12.3. The predicted octanol–water partition coefficient (Wildman–Crippen LogP) is 1.81. The average Bonchev–Trinajstić information content (AvgIpc) is 2.75. The van der Waals surface area contributed by atoms with E-state index in [9.17, 15) is 4.21 Å². The Kier molecular flexibility index (Phi) is 3.99. The molecule has 1 aliphatic rings. The zero-order valence-electron chi connectivity index (χ0n) is 10.8. The molecule has 5 heteroatoms. The molecule has 2 rings (SSSR count). The lowest BCUT2D eigenvalue weighted by atomic mass is 9.87. The number of aryl methyl sites for hydroxylation is 1. The third kappa shape index (κ3) is 2.96. The van der Waals surface area contributed by atoms with Gasteiger partial charge in [0.1, 0.15) is 11.0 Å². The normalized spacial score (nSPS) is 20.9. The van der Waals surface area contributed by atoms with Crippen LogP contribution in [-0.2, 0) is 18.0 Å². The second-order valence-corrected chi connectivity index (χ2v) is 6.60. The molecule has 0 aromatic carbocycles. The van der Waals surface area contributed by atoms with Crippen LogP contribution >= 0.6 is 0 Å². The fraction of sp³-hybridized carbons (Fsp3) is 0.750. The molecule has 1 unspecified atom stereocenters. The Balaban J connectivity index is 1.95. The highest BCUT2D eigenvalue weighted by molar-refractivity contribution is 7.82. The van der Waals surface area contributed by atoms with Gasteiger partial charge in [-0.1, -0.05) is 13.8 Å². The first-order valence-corrected chi connectivity index (χ1v) is 7.34. The summed E-state index contributed by atoms with van der Waals surface area (Å²) >= 11 is 0. The van der Waals surface area contributed by atoms with E-state index in [1.54, 1.807) is 10.9 Å². The highest BCUT2D eigenvalue weighted by Crippen LogP contribution is 2.26. The second-order valence-electron chi connectivity index (χ2n) is 5.11. The van der Waals surface area contributed by atoms with Gasteiger partial charge in [-0.2, -0.15) is 5.10 Å². The van der Waals surface area contributed by atoms with Gasteiger partial charge < -0.3 is 0 Å². The Morgan fingerprint density at radius 3 is 2.53 bits per heavy atom. The first-order valence-electron chi connectivity index (χ1n) is 6.23. The topological polar surface area (TPSA) is 38.1 Å². The van der Waals surface area contributed by atoms with Crippen molar-refractivity contribution in [1.82, 2.24) is 14.1 Å². The van der Waals surface area contributed by atoms with Crippen molar-refractivity contribution in [1.29, 1.82) is 0 Å². The summed E-state index contributed by atoms with van der Waals surface area (Å²) < 4.78 is 16.0. The van der Waals surface area contributed by atoms with Crippen LogP contribution in [0.25, 0.3) is 0 Å². The van der Waals surface area contributed by atoms with Crippen molar-refractivity contribution in [2.75, 3.05) is 13.1 Å². The van der Waals surface area contributed by atoms with Crippen LogP contribution in [0.4, 0.5) is 0 Å². The Morgan fingerprint density at radius 2 is 2.06 bits per heavy atom. The van der Waals surface area contributed by atoms with Gasteiger partial charge in [-0.3, -0.25) is 4.68 Å². The van der Waals surface area contributed by atoms with E-state index in [2.05, 4.69) is 23.3 Å². The van der Waals surface area contributed by atoms with E-state index in [4.69, 9.17) is 0 Å². The maximum Gasteiger partial charge on any atom is 0.130 e. The Labute approximate surface area is 106 Å². The molecule has 1 fully saturated rings. The summed E-state index contributed by atoms with van der Waals surface area (Å²) in [6, 6.07) is 0. The third-order valence-corrected chi connectivity index (χ3v) is 5.01. The van der Waals surface area contributed by atoms with E-state index in [0.717, 1.165) is 42.7 Å². The lowest BCUT2D eigenvalue weighted by Crippen LogP contribution is -2.36. The van der Waals surface area contributed by atoms with E-state index in [1.807, 2.05) is 13.2 Å². The first-order chi connectivity index (χ1) is 8.08. The van der Waals surface area contributed by atoms with Gasteiger partial charge in [-0.05, 0) is 24.7 Å². The number of hydrogen-bond acceptors (Lipinski definition) is 2. The van der Waals surface area contributed by atoms with Gasteiger partial charge in [0.25, 0.3) is 0 Å². The highest BCUT2D eigenvalue weighted by Gasteiger charge is 2.25. The molecule has 4 nitrogen and oxygen atoms in total. The molecule has 17 heavy (non-hydrogen) atoms. The molecule has 0 radical (unpaired) electrons. The molecule has 0 amide bonds. The predicted molar refractivity (Wildman–Crippen MR) is 68.8 cm³/mol. The quantitative estimate of drug-likeness (QED) is 0.826. The van der Waals surface area contributed by atoms with Crippen LogP contribution in [0, 0.1) is 11.8 Å². The monoisotopic (exact) mass is 255 g/mol. The summed E-state index contributed by atoms with van der Waals surface area (Å²) in [5, 5.41) is 4.07. The van der Waals surface area contributed by atoms with Gasteiger partial charge in [0.2, 0.25) is 0 Å². The summed E-state index contributed by atoms with van der Waals surface area (Å²) in [6.45, 7) is 6.42. The van der Waals surface area contributed by atoms with Crippen molar-refractivity contribution in [3.63, 3.8) is 0 Å². The SMILES string of the molecule is CC(C)C1CCN(S(=O)c2cnn(C)c2)CC1. The minimum absolute atomic E-state index is 0.740. The van der Waals surface area contributed by atoms with E-state index >= 15 is 0 Å². The van der Waals surface area contributed by atoms with Gasteiger partial charge >= 0.3 is 0 Å². The van der Waals surface area contributed by atoms with Crippen molar-refractivity contribution < 1.29 is 4.21 Å². The molecule has 2 heterocycles. The van der Waals surface area contributed by atoms with Crippen LogP contribution in [0.5, 0.6) is 0 Å². The molecule has 0 spiro atoms. The minimum atomic E-state index is -1.03. The standard InChI is InChI=1S/C12H21N3OS/c1-10(2)11-4-6-15(7-5-11)17(16)12-8-13-14(3)9-12/h8-11H,4-7H2,1-3H3. The highest BCUT2D eigenvalue weighted by atomic mass is 32.2. The van der Waals surface area contributed by atoms with Crippen molar-refractivity contribution in [3.05, 3.63) is 12.4 Å². The number of nitrogens with zero attached hydrogens (tertiary/aromatic N) is 3. The molecular weight excluding hydrogens is 234 g/mol. The van der Waals surface area contributed by atoms with Crippen LogP contribution in [0.1, 0.15) is 26.7 Å². The van der Waals surface area contributed by atoms with Gasteiger partial charge in [0, 0.05) is 26.3 Å². The average molecular weight is 255 g/mol. The fourth-order valence-electron chi connectivity index (χ4n) is 2.35. The lowest BCUT2D eigenvalue weighted by Gasteiger charge is -2.32. The lowest BCUT2D eigenvalue weighted by molar-refractivity contribution is 0.232. The van der Waals surface area contributed by atoms with Crippen LogP contribution in [0.2, 0.25) is 0 Å². The van der Waals surface area contributed by atoms with E-state index in [1.165, 1.54) is 0 Å². The van der Waals surface area contributed by atoms with Crippen LogP contribution in [-0.4, -0.2) is 31.4 Å². The fourth-order valence-corrected chi connectivity index (χ4v) is 3.57. The first kappa shape index (κ1) is 12.8. The molecule has 0 aliphatic carbocycles. The number of piperidine rings is 1. The Morgan fingerprint density at radius 1 is 1.41 bits per heavy atom. The smallest absolute Gasteiger partial charge is 0.130 e. The van der Waals surface area contributed by atoms with Crippen molar-refractivity contribution in [2.24, 2.45) is 18.9 Å². The minimum Gasteiger partial charge on any atom is -0.275 e. The number of aromatic nitrogens is 2. The largest absolute Gasteiger partial charge is 0.275 e. The zero-order chi connectivity index (χ0) is 12.4. The molecule has 0 bridgehead atoms. The third-order valence-electron chi connectivity index (χ3n) is 3.56. The number of hydrogen-bond donors (Lipinski definition) is 0. The molecule has 1 saturated heterocycles. The molecule has 0 saturated carbocycles. The molecule has 1 aliphatic heterocycles. The van der Waals surface area contributed by atoms with Gasteiger partial charge in [-0.25, -0.2) is 8.51 Å². The van der Waals surface area contributed by atoms with Gasteiger partial charge in [0.15, 0.2) is 0 Å². The molecule has 1 aromatic rings. The summed E-state index contributed by atoms with van der Waals surface area (Å²) in [5.74, 6) is 1.53. The van der Waals surface area contributed by atoms with Gasteiger partial charge in [0.05, 0.1) is 11.1 Å². The molecular formula is C12H21N3OS. The summed E-state index contributed by atoms with van der Waals surface area (Å²) in [5.41, 5.74) is 0. The van der Waals surface area contributed by atoms with Crippen molar-refractivity contribution in [2.45, 2.75) is 31.6 Å². The van der Waals surface area contributed by atoms with E-state index < -0.39 is 11.0 Å². The van der Waals surface area contributed by atoms with Crippen molar-refractivity contribution >= 4 is 11.0 Å². The molecule has 96 valence electrons.